The molecule has 1 N–H and O–H groups in total. The fourth-order valence-electron chi connectivity index (χ4n) is 3.25. The number of carbonyl (C=O) groups excluding carboxylic acids is 1. The van der Waals surface area contributed by atoms with Gasteiger partial charge in [-0.05, 0) is 31.9 Å². The van der Waals surface area contributed by atoms with Crippen molar-refractivity contribution in [2.75, 3.05) is 19.7 Å². The van der Waals surface area contributed by atoms with Crippen LogP contribution in [0.3, 0.4) is 0 Å². The van der Waals surface area contributed by atoms with Crippen molar-refractivity contribution in [2.45, 2.75) is 44.8 Å². The van der Waals surface area contributed by atoms with E-state index in [-0.39, 0.29) is 12.1 Å². The summed E-state index contributed by atoms with van der Waals surface area (Å²) >= 11 is 0. The summed E-state index contributed by atoms with van der Waals surface area (Å²) in [5.41, 5.74) is 0. The Morgan fingerprint density at radius 3 is 2.73 bits per heavy atom. The van der Waals surface area contributed by atoms with E-state index in [2.05, 4.69) is 5.32 Å². The molecule has 120 valence electrons. The van der Waals surface area contributed by atoms with Gasteiger partial charge < -0.3 is 19.7 Å². The summed E-state index contributed by atoms with van der Waals surface area (Å²) in [5.74, 6) is 1.52. The van der Waals surface area contributed by atoms with Crippen LogP contribution in [0.5, 0.6) is 11.5 Å². The van der Waals surface area contributed by atoms with Gasteiger partial charge in [0.05, 0.1) is 6.54 Å². The second-order valence-corrected chi connectivity index (χ2v) is 5.91. The van der Waals surface area contributed by atoms with Crippen molar-refractivity contribution in [2.24, 2.45) is 0 Å². The number of hydrogen-bond donors (Lipinski definition) is 1. The van der Waals surface area contributed by atoms with Crippen LogP contribution < -0.4 is 14.8 Å². The lowest BCUT2D eigenvalue weighted by Crippen LogP contribution is -2.49. The first-order valence-electron chi connectivity index (χ1n) is 8.21. The third-order valence-electron chi connectivity index (χ3n) is 4.42. The van der Waals surface area contributed by atoms with Crippen LogP contribution in [0.15, 0.2) is 24.3 Å². The highest BCUT2D eigenvalue weighted by molar-refractivity contribution is 5.74. The summed E-state index contributed by atoms with van der Waals surface area (Å²) in [4.78, 5) is 14.3. The summed E-state index contributed by atoms with van der Waals surface area (Å²) < 4.78 is 11.5. The quantitative estimate of drug-likeness (QED) is 0.930. The minimum Gasteiger partial charge on any atom is -0.486 e. The van der Waals surface area contributed by atoms with E-state index in [1.54, 1.807) is 0 Å². The molecule has 5 heteroatoms. The predicted octanol–water partition coefficient (Wildman–Crippen LogP) is 2.80. The molecule has 1 aliphatic heterocycles. The minimum absolute atomic E-state index is 0.0110. The van der Waals surface area contributed by atoms with Gasteiger partial charge in [0, 0.05) is 12.6 Å². The Labute approximate surface area is 131 Å². The van der Waals surface area contributed by atoms with E-state index < -0.39 is 0 Å². The molecule has 0 bridgehead atoms. The number of nitrogens with one attached hydrogen (secondary N) is 1. The van der Waals surface area contributed by atoms with Gasteiger partial charge in [-0.2, -0.15) is 0 Å². The highest BCUT2D eigenvalue weighted by atomic mass is 16.6. The molecule has 3 rings (SSSR count). The number of para-hydroxylation sites is 2. The number of ether oxygens (including phenoxy) is 2. The van der Waals surface area contributed by atoms with Gasteiger partial charge in [-0.15, -0.1) is 0 Å². The molecule has 1 fully saturated rings. The van der Waals surface area contributed by atoms with Crippen LogP contribution in [0.4, 0.5) is 4.79 Å². The first-order valence-corrected chi connectivity index (χ1v) is 8.21. The molecule has 1 aromatic carbocycles. The lowest BCUT2D eigenvalue weighted by Gasteiger charge is -2.30. The number of hydrogen-bond acceptors (Lipinski definition) is 3. The minimum atomic E-state index is -0.138. The Morgan fingerprint density at radius 2 is 2.00 bits per heavy atom. The van der Waals surface area contributed by atoms with Gasteiger partial charge in [-0.25, -0.2) is 4.79 Å². The molecule has 0 saturated heterocycles. The number of fused-ring (bicyclic) bond motifs is 1. The number of urea groups is 1. The maximum absolute atomic E-state index is 12.4. The summed E-state index contributed by atoms with van der Waals surface area (Å²) in [6, 6.07) is 8.03. The first kappa shape index (κ1) is 15.0. The SMILES string of the molecule is CCN(C(=O)NC[C@H]1COc2ccccc2O1)C1CCCC1. The summed E-state index contributed by atoms with van der Waals surface area (Å²) in [6.07, 6.45) is 4.56. The zero-order valence-electron chi connectivity index (χ0n) is 13.1. The van der Waals surface area contributed by atoms with Crippen LogP contribution in [0.25, 0.3) is 0 Å². The molecule has 2 amide bonds. The zero-order chi connectivity index (χ0) is 15.4. The zero-order valence-corrected chi connectivity index (χ0v) is 13.1. The van der Waals surface area contributed by atoms with Gasteiger partial charge in [0.15, 0.2) is 17.6 Å². The van der Waals surface area contributed by atoms with Gasteiger partial charge in [0.1, 0.15) is 6.61 Å². The van der Waals surface area contributed by atoms with Gasteiger partial charge >= 0.3 is 6.03 Å². The topological polar surface area (TPSA) is 50.8 Å². The Kier molecular flexibility index (Phi) is 4.71. The Balaban J connectivity index is 1.51. The molecule has 1 saturated carbocycles. The second-order valence-electron chi connectivity index (χ2n) is 5.91. The molecule has 1 atom stereocenters. The first-order chi connectivity index (χ1) is 10.8. The van der Waals surface area contributed by atoms with Crippen LogP contribution in [0, 0.1) is 0 Å². The van der Waals surface area contributed by atoms with E-state index in [1.807, 2.05) is 36.1 Å². The lowest BCUT2D eigenvalue weighted by molar-refractivity contribution is 0.0892. The van der Waals surface area contributed by atoms with Crippen LogP contribution in [-0.4, -0.2) is 42.8 Å². The Morgan fingerprint density at radius 1 is 1.27 bits per heavy atom. The van der Waals surface area contributed by atoms with Crippen LogP contribution >= 0.6 is 0 Å². The molecule has 1 heterocycles. The van der Waals surface area contributed by atoms with Crippen molar-refractivity contribution < 1.29 is 14.3 Å². The van der Waals surface area contributed by atoms with Crippen molar-refractivity contribution >= 4 is 6.03 Å². The third-order valence-corrected chi connectivity index (χ3v) is 4.42. The summed E-state index contributed by atoms with van der Waals surface area (Å²) in [7, 11) is 0. The van der Waals surface area contributed by atoms with Gasteiger partial charge in [-0.1, -0.05) is 25.0 Å². The number of rotatable bonds is 4. The molecular weight excluding hydrogens is 280 g/mol. The number of nitrogens with zero attached hydrogens (tertiary/aromatic N) is 1. The lowest BCUT2D eigenvalue weighted by atomic mass is 10.2. The normalized spacial score (nSPS) is 20.7. The molecule has 2 aliphatic rings. The highest BCUT2D eigenvalue weighted by Gasteiger charge is 2.27. The number of amides is 2. The van der Waals surface area contributed by atoms with Crippen molar-refractivity contribution in [3.05, 3.63) is 24.3 Å². The maximum Gasteiger partial charge on any atom is 0.317 e. The van der Waals surface area contributed by atoms with E-state index in [1.165, 1.54) is 12.8 Å². The van der Waals surface area contributed by atoms with Gasteiger partial charge in [0.2, 0.25) is 0 Å². The predicted molar refractivity (Wildman–Crippen MR) is 84.4 cm³/mol. The molecule has 0 unspecified atom stereocenters. The highest BCUT2D eigenvalue weighted by Crippen LogP contribution is 2.30. The van der Waals surface area contributed by atoms with E-state index >= 15 is 0 Å². The van der Waals surface area contributed by atoms with Crippen molar-refractivity contribution in [1.29, 1.82) is 0 Å². The second kappa shape index (κ2) is 6.90. The average Bonchev–Trinajstić information content (AvgIpc) is 3.07. The largest absolute Gasteiger partial charge is 0.486 e. The van der Waals surface area contributed by atoms with Crippen molar-refractivity contribution in [3.63, 3.8) is 0 Å². The van der Waals surface area contributed by atoms with Crippen molar-refractivity contribution in [1.82, 2.24) is 10.2 Å². The third kappa shape index (κ3) is 3.29. The van der Waals surface area contributed by atoms with Crippen LogP contribution in [0.2, 0.25) is 0 Å². The smallest absolute Gasteiger partial charge is 0.317 e. The average molecular weight is 304 g/mol. The Hall–Kier alpha value is -1.91. The Bertz CT molecular complexity index is 514. The van der Waals surface area contributed by atoms with E-state index in [0.717, 1.165) is 30.9 Å². The number of carbonyl (C=O) groups is 1. The molecule has 0 spiro atoms. The maximum atomic E-state index is 12.4. The summed E-state index contributed by atoms with van der Waals surface area (Å²) in [5, 5.41) is 2.99. The van der Waals surface area contributed by atoms with Crippen molar-refractivity contribution in [3.8, 4) is 11.5 Å². The van der Waals surface area contributed by atoms with Gasteiger partial charge in [0.25, 0.3) is 0 Å². The van der Waals surface area contributed by atoms with E-state index in [0.29, 0.717) is 19.2 Å². The molecule has 1 aromatic rings. The fourth-order valence-corrected chi connectivity index (χ4v) is 3.25. The van der Waals surface area contributed by atoms with Crippen LogP contribution in [-0.2, 0) is 0 Å². The molecular formula is C17H24N2O3. The molecule has 0 radical (unpaired) electrons. The fraction of sp³-hybridized carbons (Fsp3) is 0.588. The monoisotopic (exact) mass is 304 g/mol. The van der Waals surface area contributed by atoms with E-state index in [4.69, 9.17) is 9.47 Å². The van der Waals surface area contributed by atoms with E-state index in [9.17, 15) is 4.79 Å². The standard InChI is InChI=1S/C17H24N2O3/c1-2-19(13-7-3-4-8-13)17(20)18-11-14-12-21-15-9-5-6-10-16(15)22-14/h5-6,9-10,13-14H,2-4,7-8,11-12H2,1H3,(H,18,20)/t14-/m0/s1. The van der Waals surface area contributed by atoms with Gasteiger partial charge in [-0.3, -0.25) is 0 Å². The van der Waals surface area contributed by atoms with Crippen LogP contribution in [0.1, 0.15) is 32.6 Å². The molecule has 22 heavy (non-hydrogen) atoms. The summed E-state index contributed by atoms with van der Waals surface area (Å²) in [6.45, 7) is 3.72. The molecule has 0 aromatic heterocycles. The molecule has 1 aliphatic carbocycles. The number of benzene rings is 1. The molecule has 5 nitrogen and oxygen atoms in total.